The Morgan fingerprint density at radius 3 is 2.07 bits per heavy atom. The maximum atomic E-state index is 13.7. The van der Waals surface area contributed by atoms with Crippen molar-refractivity contribution in [3.05, 3.63) is 94.6 Å². The maximum Gasteiger partial charge on any atom is 0.416 e. The first-order valence-corrected chi connectivity index (χ1v) is 15.0. The van der Waals surface area contributed by atoms with Crippen LogP contribution in [0.4, 0.5) is 32.3 Å². The first kappa shape index (κ1) is 33.0. The Balaban J connectivity index is 1.61. The minimum atomic E-state index is -4.96. The molecule has 6 nitrogen and oxygen atoms in total. The lowest BCUT2D eigenvalue weighted by Gasteiger charge is -2.29. The number of hydrogen-bond donors (Lipinski definition) is 0. The van der Waals surface area contributed by atoms with E-state index in [0.29, 0.717) is 17.7 Å². The molecule has 0 bridgehead atoms. The molecule has 1 aliphatic carbocycles. The van der Waals surface area contributed by atoms with Crippen LogP contribution in [-0.4, -0.2) is 33.4 Å². The van der Waals surface area contributed by atoms with E-state index < -0.39 is 23.5 Å². The molecule has 12 heteroatoms. The number of aromatic nitrogens is 4. The van der Waals surface area contributed by atoms with Gasteiger partial charge in [-0.3, -0.25) is 4.68 Å². The molecule has 0 saturated carbocycles. The van der Waals surface area contributed by atoms with Crippen molar-refractivity contribution in [3.63, 3.8) is 0 Å². The Morgan fingerprint density at radius 1 is 0.848 bits per heavy atom. The molecule has 0 aliphatic heterocycles. The highest BCUT2D eigenvalue weighted by atomic mass is 19.4. The average Bonchev–Trinajstić information content (AvgIpc) is 3.46. The number of allylic oxidation sites excluding steroid dienone is 1. The van der Waals surface area contributed by atoms with E-state index in [-0.39, 0.29) is 36.6 Å². The zero-order chi connectivity index (χ0) is 33.2. The molecule has 0 spiro atoms. The molecule has 5 rings (SSSR count). The minimum absolute atomic E-state index is 0.142. The highest BCUT2D eigenvalue weighted by molar-refractivity contribution is 5.75. The van der Waals surface area contributed by atoms with Crippen LogP contribution in [0.5, 0.6) is 5.75 Å². The van der Waals surface area contributed by atoms with E-state index in [9.17, 15) is 26.3 Å². The summed E-state index contributed by atoms with van der Waals surface area (Å²) in [6, 6.07) is 7.73. The molecule has 244 valence electrons. The van der Waals surface area contributed by atoms with Gasteiger partial charge in [0.15, 0.2) is 0 Å². The fourth-order valence-electron chi connectivity index (χ4n) is 5.75. The van der Waals surface area contributed by atoms with Gasteiger partial charge in [0.05, 0.1) is 24.4 Å². The zero-order valence-corrected chi connectivity index (χ0v) is 26.0. The molecule has 4 aromatic rings. The fourth-order valence-corrected chi connectivity index (χ4v) is 5.75. The summed E-state index contributed by atoms with van der Waals surface area (Å²) < 4.78 is 89.8. The van der Waals surface area contributed by atoms with Gasteiger partial charge in [-0.15, -0.1) is 0 Å². The quantitative estimate of drug-likeness (QED) is 0.170. The standard InChI is InChI=1S/C34H35F6N5O/c1-21(2)23-9-10-31(46-4)30(13-23)29-8-6-5-7-24(29)20-45(32-41-15-25(16-42-32)26-17-43-44(3)19-26)18-22-11-27(33(35,36)37)14-28(12-22)34(38,39)40/h9-17,19,21H,5-8,18,20H2,1-4H3. The summed E-state index contributed by atoms with van der Waals surface area (Å²) in [6.45, 7) is 4.12. The van der Waals surface area contributed by atoms with Crippen LogP contribution in [-0.2, 0) is 25.9 Å². The van der Waals surface area contributed by atoms with Crippen molar-refractivity contribution in [3.8, 4) is 16.9 Å². The lowest BCUT2D eigenvalue weighted by molar-refractivity contribution is -0.143. The highest BCUT2D eigenvalue weighted by Crippen LogP contribution is 2.40. The molecule has 1 aliphatic rings. The second-order valence-electron chi connectivity index (χ2n) is 11.8. The second-order valence-corrected chi connectivity index (χ2v) is 11.8. The van der Waals surface area contributed by atoms with Gasteiger partial charge in [0.2, 0.25) is 5.95 Å². The van der Waals surface area contributed by atoms with Crippen molar-refractivity contribution < 1.29 is 31.1 Å². The Bertz CT molecular complexity index is 1670. The molecule has 0 amide bonds. The molecule has 2 aromatic carbocycles. The van der Waals surface area contributed by atoms with Crippen LogP contribution in [0.25, 0.3) is 16.7 Å². The molecule has 2 aromatic heterocycles. The molecule has 0 unspecified atom stereocenters. The van der Waals surface area contributed by atoms with Crippen LogP contribution >= 0.6 is 0 Å². The number of methoxy groups -OCH3 is 1. The number of benzene rings is 2. The Labute approximate surface area is 263 Å². The summed E-state index contributed by atoms with van der Waals surface area (Å²) in [6.07, 6.45) is -0.0528. The van der Waals surface area contributed by atoms with Gasteiger partial charge in [-0.1, -0.05) is 19.9 Å². The Morgan fingerprint density at radius 2 is 1.50 bits per heavy atom. The highest BCUT2D eigenvalue weighted by Gasteiger charge is 2.37. The fraction of sp³-hybridized carbons (Fsp3) is 0.382. The van der Waals surface area contributed by atoms with E-state index in [1.54, 1.807) is 48.5 Å². The molecule has 0 saturated heterocycles. The molecular formula is C34H35F6N5O. The first-order chi connectivity index (χ1) is 21.7. The summed E-state index contributed by atoms with van der Waals surface area (Å²) >= 11 is 0. The van der Waals surface area contributed by atoms with Gasteiger partial charge in [0.1, 0.15) is 5.75 Å². The van der Waals surface area contributed by atoms with Crippen LogP contribution in [0, 0.1) is 0 Å². The number of hydrogen-bond acceptors (Lipinski definition) is 5. The van der Waals surface area contributed by atoms with Crippen LogP contribution in [0.15, 0.2) is 66.8 Å². The first-order valence-electron chi connectivity index (χ1n) is 15.0. The molecular weight excluding hydrogens is 608 g/mol. The topological polar surface area (TPSA) is 56.1 Å². The minimum Gasteiger partial charge on any atom is -0.496 e. The predicted octanol–water partition coefficient (Wildman–Crippen LogP) is 9.08. The van der Waals surface area contributed by atoms with E-state index in [4.69, 9.17) is 4.74 Å². The normalized spacial score (nSPS) is 14.2. The van der Waals surface area contributed by atoms with Crippen molar-refractivity contribution in [2.24, 2.45) is 7.05 Å². The van der Waals surface area contributed by atoms with Gasteiger partial charge in [-0.25, -0.2) is 9.97 Å². The summed E-state index contributed by atoms with van der Waals surface area (Å²) in [4.78, 5) is 10.7. The number of alkyl halides is 6. The van der Waals surface area contributed by atoms with Crippen molar-refractivity contribution in [2.75, 3.05) is 18.6 Å². The number of aryl methyl sites for hydroxylation is 1. The zero-order valence-electron chi connectivity index (χ0n) is 26.0. The van der Waals surface area contributed by atoms with Crippen LogP contribution in [0.2, 0.25) is 0 Å². The average molecular weight is 644 g/mol. The molecule has 0 radical (unpaired) electrons. The number of nitrogens with zero attached hydrogens (tertiary/aromatic N) is 5. The third-order valence-corrected chi connectivity index (χ3v) is 8.16. The molecule has 46 heavy (non-hydrogen) atoms. The lowest BCUT2D eigenvalue weighted by Crippen LogP contribution is -2.28. The number of rotatable bonds is 9. The van der Waals surface area contributed by atoms with E-state index >= 15 is 0 Å². The second kappa shape index (κ2) is 13.2. The van der Waals surface area contributed by atoms with Gasteiger partial charge in [-0.2, -0.15) is 31.4 Å². The number of ether oxygens (including phenoxy) is 1. The van der Waals surface area contributed by atoms with Gasteiger partial charge in [-0.05, 0) is 84.2 Å². The van der Waals surface area contributed by atoms with Crippen LogP contribution in [0.3, 0.4) is 0 Å². The van der Waals surface area contributed by atoms with E-state index in [1.165, 1.54) is 0 Å². The summed E-state index contributed by atoms with van der Waals surface area (Å²) in [5, 5.41) is 4.16. The number of anilines is 1. The smallest absolute Gasteiger partial charge is 0.416 e. The van der Waals surface area contributed by atoms with Gasteiger partial charge in [0, 0.05) is 55.4 Å². The molecule has 0 atom stereocenters. The monoisotopic (exact) mass is 643 g/mol. The lowest BCUT2D eigenvalue weighted by atomic mass is 9.85. The van der Waals surface area contributed by atoms with E-state index in [2.05, 4.69) is 35.0 Å². The van der Waals surface area contributed by atoms with Crippen LogP contribution < -0.4 is 9.64 Å². The molecule has 0 fully saturated rings. The van der Waals surface area contributed by atoms with E-state index in [1.807, 2.05) is 12.1 Å². The Hall–Kier alpha value is -4.35. The predicted molar refractivity (Wildman–Crippen MR) is 164 cm³/mol. The third kappa shape index (κ3) is 7.54. The van der Waals surface area contributed by atoms with Crippen LogP contribution in [0.1, 0.15) is 73.3 Å². The van der Waals surface area contributed by atoms with Gasteiger partial charge < -0.3 is 9.64 Å². The molecule has 2 heterocycles. The van der Waals surface area contributed by atoms with Crippen molar-refractivity contribution >= 4 is 11.5 Å². The summed E-state index contributed by atoms with van der Waals surface area (Å²) in [7, 11) is 3.37. The van der Waals surface area contributed by atoms with Crippen molar-refractivity contribution in [2.45, 2.75) is 64.3 Å². The number of halogens is 6. The maximum absolute atomic E-state index is 13.7. The SMILES string of the molecule is COc1ccc(C(C)C)cc1C1=C(CN(Cc2cc(C(F)(F)F)cc(C(F)(F)F)c2)c2ncc(-c3cnn(C)c3)cn2)CCCC1. The van der Waals surface area contributed by atoms with Gasteiger partial charge >= 0.3 is 12.4 Å². The van der Waals surface area contributed by atoms with E-state index in [0.717, 1.165) is 59.2 Å². The Kier molecular flexibility index (Phi) is 9.46. The van der Waals surface area contributed by atoms with Crippen molar-refractivity contribution in [1.29, 1.82) is 0 Å². The van der Waals surface area contributed by atoms with Gasteiger partial charge in [0.25, 0.3) is 0 Å². The third-order valence-electron chi connectivity index (χ3n) is 8.16. The van der Waals surface area contributed by atoms with Crippen molar-refractivity contribution in [1.82, 2.24) is 19.7 Å². The molecule has 0 N–H and O–H groups in total. The summed E-state index contributed by atoms with van der Waals surface area (Å²) in [5.74, 6) is 1.15. The summed E-state index contributed by atoms with van der Waals surface area (Å²) in [5.41, 5.74) is 2.69. The largest absolute Gasteiger partial charge is 0.496 e.